The molecule has 1 aromatic heterocycles. The summed E-state index contributed by atoms with van der Waals surface area (Å²) in [5.74, 6) is -0.0653. The van der Waals surface area contributed by atoms with Gasteiger partial charge in [-0.1, -0.05) is 55.5 Å². The average Bonchev–Trinajstić information content (AvgIpc) is 3.21. The summed E-state index contributed by atoms with van der Waals surface area (Å²) in [5, 5.41) is 0.926. The maximum Gasteiger partial charge on any atom is 0.250 e. The summed E-state index contributed by atoms with van der Waals surface area (Å²) in [4.78, 5) is 19.4. The van der Waals surface area contributed by atoms with Crippen LogP contribution < -0.4 is 4.90 Å². The number of thiazole rings is 1. The van der Waals surface area contributed by atoms with E-state index >= 15 is 0 Å². The van der Waals surface area contributed by atoms with Crippen LogP contribution in [0.5, 0.6) is 0 Å². The molecular weight excluding hydrogens is 376 g/mol. The number of hydrogen-bond donors (Lipinski definition) is 0. The summed E-state index contributed by atoms with van der Waals surface area (Å²) in [6, 6.07) is 24.3. The van der Waals surface area contributed by atoms with Crippen LogP contribution in [0.25, 0.3) is 26.9 Å². The highest BCUT2D eigenvalue weighted by Crippen LogP contribution is 2.36. The number of benzene rings is 3. The molecule has 0 N–H and O–H groups in total. The van der Waals surface area contributed by atoms with E-state index in [4.69, 9.17) is 4.98 Å². The molecule has 3 aromatic carbocycles. The van der Waals surface area contributed by atoms with Gasteiger partial charge in [0.2, 0.25) is 0 Å². The lowest BCUT2D eigenvalue weighted by atomic mass is 10.1. The third kappa shape index (κ3) is 4.13. The summed E-state index contributed by atoms with van der Waals surface area (Å²) < 4.78 is 1.14. The van der Waals surface area contributed by atoms with E-state index in [1.165, 1.54) is 5.56 Å². The van der Waals surface area contributed by atoms with E-state index in [1.54, 1.807) is 22.3 Å². The fourth-order valence-electron chi connectivity index (χ4n) is 3.21. The zero-order chi connectivity index (χ0) is 20.2. The van der Waals surface area contributed by atoms with Gasteiger partial charge in [-0.3, -0.25) is 4.79 Å². The van der Waals surface area contributed by atoms with Crippen molar-refractivity contribution in [1.82, 2.24) is 4.98 Å². The number of aromatic nitrogens is 1. The van der Waals surface area contributed by atoms with E-state index in [-0.39, 0.29) is 5.91 Å². The molecule has 4 rings (SSSR count). The van der Waals surface area contributed by atoms with Crippen LogP contribution in [0.2, 0.25) is 0 Å². The van der Waals surface area contributed by atoms with Crippen LogP contribution in [0, 0.1) is 0 Å². The van der Waals surface area contributed by atoms with Gasteiger partial charge in [-0.2, -0.15) is 0 Å². The molecule has 4 aromatic rings. The van der Waals surface area contributed by atoms with Crippen LogP contribution in [0.3, 0.4) is 0 Å². The number of nitrogens with zero attached hydrogens (tertiary/aromatic N) is 2. The molecule has 0 saturated heterocycles. The highest BCUT2D eigenvalue weighted by molar-refractivity contribution is 7.21. The molecule has 0 saturated carbocycles. The van der Waals surface area contributed by atoms with Crippen molar-refractivity contribution in [2.45, 2.75) is 13.3 Å². The second kappa shape index (κ2) is 8.41. The van der Waals surface area contributed by atoms with Gasteiger partial charge in [0, 0.05) is 18.7 Å². The Labute approximate surface area is 175 Å². The van der Waals surface area contributed by atoms with E-state index in [9.17, 15) is 4.79 Å². The molecule has 0 fully saturated rings. The Kier molecular flexibility index (Phi) is 5.54. The van der Waals surface area contributed by atoms with Crippen molar-refractivity contribution in [3.8, 4) is 10.6 Å². The number of likely N-dealkylation sites (N-methyl/N-ethyl adjacent to an activating group) is 1. The molecule has 0 aliphatic rings. The van der Waals surface area contributed by atoms with E-state index in [0.717, 1.165) is 38.5 Å². The quantitative estimate of drug-likeness (QED) is 0.375. The minimum atomic E-state index is -0.0653. The Bertz CT molecular complexity index is 1140. The standard InChI is InChI=1S/C25H22N2OS/c1-3-18-13-15-20(25-26-21-11-7-8-12-23(21)29-25)22(17-18)27(2)24(28)16-14-19-9-5-4-6-10-19/h4-17H,3H2,1-2H3/b16-14+. The second-order valence-electron chi connectivity index (χ2n) is 6.83. The molecule has 0 aliphatic carbocycles. The first-order valence-corrected chi connectivity index (χ1v) is 10.5. The van der Waals surface area contributed by atoms with Crippen molar-refractivity contribution in [3.63, 3.8) is 0 Å². The summed E-state index contributed by atoms with van der Waals surface area (Å²) >= 11 is 1.65. The van der Waals surface area contributed by atoms with E-state index < -0.39 is 0 Å². The Morgan fingerprint density at radius 1 is 1.03 bits per heavy atom. The maximum atomic E-state index is 12.9. The molecule has 144 valence electrons. The fourth-order valence-corrected chi connectivity index (χ4v) is 4.20. The van der Waals surface area contributed by atoms with Crippen molar-refractivity contribution < 1.29 is 4.79 Å². The van der Waals surface area contributed by atoms with Crippen LogP contribution in [-0.4, -0.2) is 17.9 Å². The summed E-state index contributed by atoms with van der Waals surface area (Å²) in [6.07, 6.45) is 4.38. The molecule has 3 nitrogen and oxygen atoms in total. The third-order valence-corrected chi connectivity index (χ3v) is 5.97. The number of anilines is 1. The predicted octanol–water partition coefficient (Wildman–Crippen LogP) is 6.20. The number of rotatable bonds is 5. The summed E-state index contributed by atoms with van der Waals surface area (Å²) in [5.41, 5.74) is 5.04. The van der Waals surface area contributed by atoms with Crippen molar-refractivity contribution >= 4 is 39.2 Å². The molecule has 4 heteroatoms. The number of hydrogen-bond acceptors (Lipinski definition) is 3. The van der Waals surface area contributed by atoms with E-state index in [2.05, 4.69) is 31.2 Å². The molecule has 0 unspecified atom stereocenters. The SMILES string of the molecule is CCc1ccc(-c2nc3ccccc3s2)c(N(C)C(=O)/C=C/c2ccccc2)c1. The molecular formula is C25H22N2OS. The highest BCUT2D eigenvalue weighted by atomic mass is 32.1. The van der Waals surface area contributed by atoms with Gasteiger partial charge in [-0.05, 0) is 47.9 Å². The van der Waals surface area contributed by atoms with Gasteiger partial charge in [0.15, 0.2) is 0 Å². The number of amides is 1. The number of aryl methyl sites for hydroxylation is 1. The number of carbonyl (C=O) groups is 1. The molecule has 0 aliphatic heterocycles. The number of fused-ring (bicyclic) bond motifs is 1. The zero-order valence-corrected chi connectivity index (χ0v) is 17.3. The molecule has 1 heterocycles. The molecule has 0 radical (unpaired) electrons. The van der Waals surface area contributed by atoms with Crippen molar-refractivity contribution in [2.24, 2.45) is 0 Å². The van der Waals surface area contributed by atoms with Gasteiger partial charge in [-0.15, -0.1) is 11.3 Å². The van der Waals surface area contributed by atoms with Crippen LogP contribution in [-0.2, 0) is 11.2 Å². The second-order valence-corrected chi connectivity index (χ2v) is 7.86. The lowest BCUT2D eigenvalue weighted by molar-refractivity contribution is -0.113. The Balaban J connectivity index is 1.71. The zero-order valence-electron chi connectivity index (χ0n) is 16.5. The minimum Gasteiger partial charge on any atom is -0.311 e. The lowest BCUT2D eigenvalue weighted by Crippen LogP contribution is -2.24. The predicted molar refractivity (Wildman–Crippen MR) is 123 cm³/mol. The maximum absolute atomic E-state index is 12.9. The molecule has 0 atom stereocenters. The Hall–Kier alpha value is -3.24. The number of para-hydroxylation sites is 1. The largest absolute Gasteiger partial charge is 0.311 e. The van der Waals surface area contributed by atoms with Crippen LogP contribution >= 0.6 is 11.3 Å². The van der Waals surface area contributed by atoms with Gasteiger partial charge in [0.1, 0.15) is 5.01 Å². The fraction of sp³-hybridized carbons (Fsp3) is 0.120. The minimum absolute atomic E-state index is 0.0653. The topological polar surface area (TPSA) is 33.2 Å². The van der Waals surface area contributed by atoms with Gasteiger partial charge in [0.25, 0.3) is 5.91 Å². The number of carbonyl (C=O) groups excluding carboxylic acids is 1. The van der Waals surface area contributed by atoms with Gasteiger partial charge < -0.3 is 4.90 Å². The van der Waals surface area contributed by atoms with E-state index in [0.29, 0.717) is 0 Å². The van der Waals surface area contributed by atoms with Crippen molar-refractivity contribution in [3.05, 3.63) is 90.0 Å². The summed E-state index contributed by atoms with van der Waals surface area (Å²) in [7, 11) is 1.82. The van der Waals surface area contributed by atoms with Gasteiger partial charge in [-0.25, -0.2) is 4.98 Å². The molecule has 0 bridgehead atoms. The monoisotopic (exact) mass is 398 g/mol. The lowest BCUT2D eigenvalue weighted by Gasteiger charge is -2.19. The average molecular weight is 399 g/mol. The Morgan fingerprint density at radius 2 is 1.79 bits per heavy atom. The van der Waals surface area contributed by atoms with Crippen molar-refractivity contribution in [1.29, 1.82) is 0 Å². The molecule has 29 heavy (non-hydrogen) atoms. The third-order valence-electron chi connectivity index (χ3n) is 4.90. The first kappa shape index (κ1) is 19.1. The molecule has 0 spiro atoms. The first-order chi connectivity index (χ1) is 14.2. The first-order valence-electron chi connectivity index (χ1n) is 9.65. The van der Waals surface area contributed by atoms with Crippen LogP contribution in [0.15, 0.2) is 78.9 Å². The highest BCUT2D eigenvalue weighted by Gasteiger charge is 2.17. The van der Waals surface area contributed by atoms with Gasteiger partial charge in [0.05, 0.1) is 15.9 Å². The van der Waals surface area contributed by atoms with Crippen molar-refractivity contribution in [2.75, 3.05) is 11.9 Å². The Morgan fingerprint density at radius 3 is 2.55 bits per heavy atom. The summed E-state index contributed by atoms with van der Waals surface area (Å²) in [6.45, 7) is 2.12. The normalized spacial score (nSPS) is 11.2. The van der Waals surface area contributed by atoms with E-state index in [1.807, 2.05) is 61.7 Å². The van der Waals surface area contributed by atoms with Crippen LogP contribution in [0.4, 0.5) is 5.69 Å². The smallest absolute Gasteiger partial charge is 0.250 e. The van der Waals surface area contributed by atoms with Gasteiger partial charge >= 0.3 is 0 Å². The van der Waals surface area contributed by atoms with Crippen LogP contribution in [0.1, 0.15) is 18.1 Å². The molecule has 1 amide bonds.